The van der Waals surface area contributed by atoms with Crippen LogP contribution in [0.15, 0.2) is 48.5 Å². The summed E-state index contributed by atoms with van der Waals surface area (Å²) in [5, 5.41) is 8.33. The molecule has 0 spiro atoms. The Morgan fingerprint density at radius 2 is 1.58 bits per heavy atom. The second-order valence-corrected chi connectivity index (χ2v) is 10.0. The van der Waals surface area contributed by atoms with Crippen molar-refractivity contribution in [3.63, 3.8) is 0 Å². The number of hydrogen-bond acceptors (Lipinski definition) is 4. The van der Waals surface area contributed by atoms with E-state index in [1.54, 1.807) is 48.5 Å². The third-order valence-corrected chi connectivity index (χ3v) is 5.73. The number of nitrogens with one attached hydrogen (secondary N) is 3. The van der Waals surface area contributed by atoms with Crippen molar-refractivity contribution in [2.75, 3.05) is 10.2 Å². The van der Waals surface area contributed by atoms with Crippen LogP contribution in [0.1, 0.15) is 46.9 Å². The summed E-state index contributed by atoms with van der Waals surface area (Å²) in [6.45, 7) is 1.96. The van der Waals surface area contributed by atoms with Crippen LogP contribution in [-0.4, -0.2) is 32.8 Å². The first-order valence-electron chi connectivity index (χ1n) is 10.1. The molecule has 174 valence electrons. The molecule has 3 N–H and O–H groups in total. The van der Waals surface area contributed by atoms with E-state index < -0.39 is 21.8 Å². The molecule has 3 amide bonds. The molecule has 11 heteroatoms. The van der Waals surface area contributed by atoms with E-state index in [1.807, 2.05) is 6.92 Å². The predicted octanol–water partition coefficient (Wildman–Crippen LogP) is 4.78. The van der Waals surface area contributed by atoms with Crippen LogP contribution in [0.4, 0.5) is 11.4 Å². The molecule has 0 aliphatic carbocycles. The third kappa shape index (κ3) is 5.95. The van der Waals surface area contributed by atoms with Crippen molar-refractivity contribution in [3.05, 3.63) is 59.7 Å². The number of anilines is 2. The topological polar surface area (TPSA) is 90.5 Å². The summed E-state index contributed by atoms with van der Waals surface area (Å²) in [6, 6.07) is 13.3. The maximum absolute atomic E-state index is 12.9. The van der Waals surface area contributed by atoms with Gasteiger partial charge in [0, 0.05) is 6.42 Å². The van der Waals surface area contributed by atoms with Crippen LogP contribution in [0.3, 0.4) is 0 Å². The predicted molar refractivity (Wildman–Crippen MR) is 135 cm³/mol. The Kier molecular flexibility index (Phi) is 8.18. The highest BCUT2D eigenvalue weighted by atomic mass is 35.6. The first-order chi connectivity index (χ1) is 15.6. The fraction of sp³-hybridized carbons (Fsp3) is 0.273. The monoisotopic (exact) mass is 526 g/mol. The summed E-state index contributed by atoms with van der Waals surface area (Å²) < 4.78 is -1.89. The number of imide groups is 1. The maximum atomic E-state index is 12.9. The molecule has 1 aliphatic rings. The zero-order valence-electron chi connectivity index (χ0n) is 17.5. The van der Waals surface area contributed by atoms with Gasteiger partial charge in [0.05, 0.1) is 22.5 Å². The molecule has 33 heavy (non-hydrogen) atoms. The van der Waals surface area contributed by atoms with Crippen molar-refractivity contribution in [1.82, 2.24) is 10.6 Å². The summed E-state index contributed by atoms with van der Waals surface area (Å²) in [4.78, 5) is 39.0. The van der Waals surface area contributed by atoms with E-state index in [0.29, 0.717) is 28.9 Å². The normalized spacial score (nSPS) is 14.0. The number of nitrogens with zero attached hydrogens (tertiary/aromatic N) is 1. The molecule has 1 aliphatic heterocycles. The van der Waals surface area contributed by atoms with Gasteiger partial charge in [-0.25, -0.2) is 4.90 Å². The highest BCUT2D eigenvalue weighted by Gasteiger charge is 2.38. The number of halogens is 3. The van der Waals surface area contributed by atoms with Gasteiger partial charge in [-0.05, 0) is 42.9 Å². The average Bonchev–Trinajstić information content (AvgIpc) is 3.02. The van der Waals surface area contributed by atoms with Crippen molar-refractivity contribution < 1.29 is 14.4 Å². The largest absolute Gasteiger partial charge is 0.339 e. The van der Waals surface area contributed by atoms with E-state index in [-0.39, 0.29) is 17.4 Å². The lowest BCUT2D eigenvalue weighted by atomic mass is 10.1. The molecule has 0 aromatic heterocycles. The minimum atomic E-state index is -1.89. The third-order valence-electron chi connectivity index (χ3n) is 4.85. The first kappa shape index (κ1) is 25.2. The number of para-hydroxylation sites is 2. The molecule has 1 heterocycles. The lowest BCUT2D eigenvalue weighted by Crippen LogP contribution is -2.56. The number of carbonyl (C=O) groups is 3. The average molecular weight is 528 g/mol. The van der Waals surface area contributed by atoms with E-state index in [4.69, 9.17) is 47.0 Å². The molecule has 1 atom stereocenters. The zero-order valence-corrected chi connectivity index (χ0v) is 20.6. The van der Waals surface area contributed by atoms with Crippen molar-refractivity contribution >= 4 is 81.2 Å². The van der Waals surface area contributed by atoms with Gasteiger partial charge in [0.25, 0.3) is 11.8 Å². The molecular formula is C22H21Cl3N4O3S. The Bertz CT molecular complexity index is 1060. The lowest BCUT2D eigenvalue weighted by Gasteiger charge is -2.28. The summed E-state index contributed by atoms with van der Waals surface area (Å²) in [5.41, 5.74) is 1.34. The summed E-state index contributed by atoms with van der Waals surface area (Å²) >= 11 is 23.4. The van der Waals surface area contributed by atoms with Crippen LogP contribution < -0.4 is 20.9 Å². The van der Waals surface area contributed by atoms with E-state index in [2.05, 4.69) is 16.0 Å². The quantitative estimate of drug-likeness (QED) is 0.208. The van der Waals surface area contributed by atoms with E-state index >= 15 is 0 Å². The highest BCUT2D eigenvalue weighted by Crippen LogP contribution is 2.34. The fourth-order valence-electron chi connectivity index (χ4n) is 3.24. The Hall–Kier alpha value is -2.39. The molecule has 2 aromatic carbocycles. The van der Waals surface area contributed by atoms with Crippen molar-refractivity contribution in [3.8, 4) is 0 Å². The van der Waals surface area contributed by atoms with Crippen molar-refractivity contribution in [2.24, 2.45) is 0 Å². The Morgan fingerprint density at radius 3 is 2.15 bits per heavy atom. The number of carbonyl (C=O) groups excluding carboxylic acids is 3. The van der Waals surface area contributed by atoms with Gasteiger partial charge in [-0.1, -0.05) is 72.4 Å². The Labute approximate surface area is 211 Å². The number of rotatable bonds is 7. The van der Waals surface area contributed by atoms with Gasteiger partial charge in [0.15, 0.2) is 5.11 Å². The second kappa shape index (κ2) is 10.7. The van der Waals surface area contributed by atoms with Crippen LogP contribution in [0.5, 0.6) is 0 Å². The SMILES string of the molecule is CCCCC(=O)NC(NC(=S)Nc1ccccc1N1C(=O)c2ccccc2C1=O)C(Cl)(Cl)Cl. The first-order valence-corrected chi connectivity index (χ1v) is 11.7. The van der Waals surface area contributed by atoms with Gasteiger partial charge < -0.3 is 16.0 Å². The second-order valence-electron chi connectivity index (χ2n) is 7.25. The standard InChI is InChI=1S/C22H21Cl3N4O3S/c1-2-3-12-17(30)27-20(22(23,24)25)28-21(33)26-15-10-6-7-11-16(15)29-18(31)13-8-4-5-9-14(13)19(29)32/h4-11,20H,2-3,12H2,1H3,(H,27,30)(H2,26,28,33). The van der Waals surface area contributed by atoms with E-state index in [0.717, 1.165) is 11.3 Å². The molecule has 0 bridgehead atoms. The lowest BCUT2D eigenvalue weighted by molar-refractivity contribution is -0.122. The van der Waals surface area contributed by atoms with Crippen molar-refractivity contribution in [2.45, 2.75) is 36.1 Å². The number of alkyl halides is 3. The molecule has 3 rings (SSSR count). The number of hydrogen-bond donors (Lipinski definition) is 3. The number of amides is 3. The van der Waals surface area contributed by atoms with Crippen molar-refractivity contribution in [1.29, 1.82) is 0 Å². The minimum Gasteiger partial charge on any atom is -0.339 e. The molecule has 0 saturated heterocycles. The van der Waals surface area contributed by atoms with Crippen LogP contribution >= 0.6 is 47.0 Å². The van der Waals surface area contributed by atoms with Crippen LogP contribution in [-0.2, 0) is 4.79 Å². The number of thiocarbonyl (C=S) groups is 1. The maximum Gasteiger partial charge on any atom is 0.266 e. The minimum absolute atomic E-state index is 0.0196. The summed E-state index contributed by atoms with van der Waals surface area (Å²) in [5.74, 6) is -1.17. The van der Waals surface area contributed by atoms with Gasteiger partial charge in [0.1, 0.15) is 6.17 Å². The van der Waals surface area contributed by atoms with Crippen LogP contribution in [0.2, 0.25) is 0 Å². The zero-order chi connectivity index (χ0) is 24.2. The van der Waals surface area contributed by atoms with Gasteiger partial charge in [-0.15, -0.1) is 0 Å². The molecular weight excluding hydrogens is 507 g/mol. The molecule has 2 aromatic rings. The van der Waals surface area contributed by atoms with Gasteiger partial charge in [0.2, 0.25) is 9.70 Å². The molecule has 7 nitrogen and oxygen atoms in total. The molecule has 0 radical (unpaired) electrons. The highest BCUT2D eigenvalue weighted by molar-refractivity contribution is 7.80. The Balaban J connectivity index is 1.78. The number of fused-ring (bicyclic) bond motifs is 1. The molecule has 0 fully saturated rings. The van der Waals surface area contributed by atoms with Gasteiger partial charge in [-0.3, -0.25) is 14.4 Å². The summed E-state index contributed by atoms with van der Waals surface area (Å²) in [6.07, 6.45) is 0.694. The number of unbranched alkanes of at least 4 members (excludes halogenated alkanes) is 1. The Morgan fingerprint density at radius 1 is 1.00 bits per heavy atom. The van der Waals surface area contributed by atoms with Gasteiger partial charge in [-0.2, -0.15) is 0 Å². The van der Waals surface area contributed by atoms with E-state index in [9.17, 15) is 14.4 Å². The van der Waals surface area contributed by atoms with Gasteiger partial charge >= 0.3 is 0 Å². The fourth-order valence-corrected chi connectivity index (χ4v) is 3.80. The van der Waals surface area contributed by atoms with E-state index in [1.165, 1.54) is 0 Å². The summed E-state index contributed by atoms with van der Waals surface area (Å²) in [7, 11) is 0. The molecule has 1 unspecified atom stereocenters. The van der Waals surface area contributed by atoms with Crippen LogP contribution in [0.25, 0.3) is 0 Å². The number of benzene rings is 2. The van der Waals surface area contributed by atoms with Crippen LogP contribution in [0, 0.1) is 0 Å². The smallest absolute Gasteiger partial charge is 0.266 e. The molecule has 0 saturated carbocycles.